The van der Waals surface area contributed by atoms with E-state index < -0.39 is 0 Å². The Kier molecular flexibility index (Phi) is 6.55. The van der Waals surface area contributed by atoms with Gasteiger partial charge in [0, 0.05) is 44.3 Å². The lowest BCUT2D eigenvalue weighted by Gasteiger charge is -2.31. The van der Waals surface area contributed by atoms with Gasteiger partial charge in [-0.2, -0.15) is 0 Å². The molecule has 1 fully saturated rings. The first kappa shape index (κ1) is 19.5. The van der Waals surface area contributed by atoms with Crippen LogP contribution >= 0.6 is 11.3 Å². The van der Waals surface area contributed by atoms with Crippen molar-refractivity contribution >= 4 is 23.2 Å². The quantitative estimate of drug-likeness (QED) is 0.826. The topological polar surface area (TPSA) is 62.3 Å². The number of nitrogens with zero attached hydrogens (tertiary/aromatic N) is 2. The summed E-state index contributed by atoms with van der Waals surface area (Å²) >= 11 is 1.65. The van der Waals surface area contributed by atoms with Crippen molar-refractivity contribution in [2.75, 3.05) is 19.6 Å². The highest BCUT2D eigenvalue weighted by Crippen LogP contribution is 2.30. The van der Waals surface area contributed by atoms with Gasteiger partial charge in [0.15, 0.2) is 0 Å². The Bertz CT molecular complexity index is 800. The maximum Gasteiger partial charge on any atom is 0.227 e. The molecule has 1 saturated heterocycles. The van der Waals surface area contributed by atoms with E-state index in [-0.39, 0.29) is 24.1 Å². The summed E-state index contributed by atoms with van der Waals surface area (Å²) in [5, 5.41) is 5.93. The second-order valence-corrected chi connectivity index (χ2v) is 7.72. The van der Waals surface area contributed by atoms with Crippen molar-refractivity contribution in [2.24, 2.45) is 0 Å². The Balaban J connectivity index is 1.48. The molecule has 1 aliphatic heterocycles. The minimum Gasteiger partial charge on any atom is -0.356 e. The zero-order valence-corrected chi connectivity index (χ0v) is 16.2. The van der Waals surface area contributed by atoms with Crippen LogP contribution in [0.3, 0.4) is 0 Å². The molecule has 5 nitrogen and oxygen atoms in total. The van der Waals surface area contributed by atoms with Crippen LogP contribution in [0, 0.1) is 5.82 Å². The Morgan fingerprint density at radius 3 is 2.74 bits per heavy atom. The first-order valence-corrected chi connectivity index (χ1v) is 10.1. The number of carbonyl (C=O) groups is 2. The number of amides is 2. The lowest BCUT2D eigenvalue weighted by Crippen LogP contribution is -2.38. The number of nitrogens with one attached hydrogen (secondary N) is 1. The van der Waals surface area contributed by atoms with E-state index in [1.807, 2.05) is 10.3 Å². The van der Waals surface area contributed by atoms with Crippen LogP contribution < -0.4 is 5.32 Å². The highest BCUT2D eigenvalue weighted by molar-refractivity contribution is 7.09. The minimum atomic E-state index is -0.324. The van der Waals surface area contributed by atoms with Gasteiger partial charge in [-0.3, -0.25) is 9.59 Å². The van der Waals surface area contributed by atoms with E-state index >= 15 is 0 Å². The Morgan fingerprint density at radius 2 is 2.04 bits per heavy atom. The number of carbonyl (C=O) groups excluding carboxylic acids is 2. The summed E-state index contributed by atoms with van der Waals surface area (Å²) in [4.78, 5) is 29.9. The SMILES string of the molecule is CC(=O)NCCc1csc(C2CCN(C(=O)Cc3ccccc3F)CC2)n1. The summed E-state index contributed by atoms with van der Waals surface area (Å²) in [6, 6.07) is 6.44. The number of likely N-dealkylation sites (tertiary alicyclic amines) is 1. The van der Waals surface area contributed by atoms with Gasteiger partial charge in [-0.1, -0.05) is 18.2 Å². The molecule has 0 radical (unpaired) electrons. The smallest absolute Gasteiger partial charge is 0.227 e. The summed E-state index contributed by atoms with van der Waals surface area (Å²) in [5.41, 5.74) is 1.45. The number of rotatable bonds is 6. The molecule has 0 saturated carbocycles. The molecule has 7 heteroatoms. The summed E-state index contributed by atoms with van der Waals surface area (Å²) in [7, 11) is 0. The third-order valence-corrected chi connectivity index (χ3v) is 5.88. The molecule has 3 rings (SSSR count). The fourth-order valence-corrected chi connectivity index (χ4v) is 4.31. The molecular formula is C20H24FN3O2S. The van der Waals surface area contributed by atoms with Gasteiger partial charge in [-0.15, -0.1) is 11.3 Å². The highest BCUT2D eigenvalue weighted by atomic mass is 32.1. The maximum atomic E-state index is 13.7. The number of halogens is 1. The monoisotopic (exact) mass is 389 g/mol. The van der Waals surface area contributed by atoms with Gasteiger partial charge < -0.3 is 10.2 Å². The summed E-state index contributed by atoms with van der Waals surface area (Å²) in [5.74, 6) is -0.0103. The van der Waals surface area contributed by atoms with Crippen molar-refractivity contribution < 1.29 is 14.0 Å². The molecule has 144 valence electrons. The third kappa shape index (κ3) is 5.35. The van der Waals surface area contributed by atoms with E-state index in [0.717, 1.165) is 30.0 Å². The fourth-order valence-electron chi connectivity index (χ4n) is 3.28. The summed E-state index contributed by atoms with van der Waals surface area (Å²) < 4.78 is 13.7. The molecule has 0 spiro atoms. The van der Waals surface area contributed by atoms with Crippen LogP contribution in [0.4, 0.5) is 4.39 Å². The number of hydrogen-bond acceptors (Lipinski definition) is 4. The Morgan fingerprint density at radius 1 is 1.30 bits per heavy atom. The van der Waals surface area contributed by atoms with Gasteiger partial charge >= 0.3 is 0 Å². The predicted molar refractivity (Wildman–Crippen MR) is 103 cm³/mol. The van der Waals surface area contributed by atoms with Crippen molar-refractivity contribution in [1.29, 1.82) is 0 Å². The van der Waals surface area contributed by atoms with E-state index in [2.05, 4.69) is 5.32 Å². The number of piperidine rings is 1. The van der Waals surface area contributed by atoms with E-state index in [0.29, 0.717) is 31.1 Å². The highest BCUT2D eigenvalue weighted by Gasteiger charge is 2.26. The lowest BCUT2D eigenvalue weighted by atomic mass is 9.97. The molecule has 0 atom stereocenters. The molecule has 2 aromatic rings. The molecule has 1 aromatic carbocycles. The van der Waals surface area contributed by atoms with Crippen LogP contribution in [0.1, 0.15) is 41.9 Å². The third-order valence-electron chi connectivity index (χ3n) is 4.82. The zero-order chi connectivity index (χ0) is 19.2. The largest absolute Gasteiger partial charge is 0.356 e. The molecule has 2 amide bonds. The molecule has 1 aliphatic rings. The van der Waals surface area contributed by atoms with Crippen molar-refractivity contribution in [2.45, 2.75) is 38.5 Å². The van der Waals surface area contributed by atoms with Crippen LogP contribution in [-0.2, 0) is 22.4 Å². The van der Waals surface area contributed by atoms with Crippen LogP contribution in [-0.4, -0.2) is 41.3 Å². The predicted octanol–water partition coefficient (Wildman–Crippen LogP) is 2.91. The lowest BCUT2D eigenvalue weighted by molar-refractivity contribution is -0.131. The number of thiazole rings is 1. The van der Waals surface area contributed by atoms with E-state index in [1.165, 1.54) is 13.0 Å². The molecule has 27 heavy (non-hydrogen) atoms. The van der Waals surface area contributed by atoms with E-state index in [1.54, 1.807) is 29.5 Å². The normalized spacial score (nSPS) is 15.0. The maximum absolute atomic E-state index is 13.7. The molecule has 1 aromatic heterocycles. The van der Waals surface area contributed by atoms with Gasteiger partial charge in [-0.25, -0.2) is 9.37 Å². The van der Waals surface area contributed by atoms with Gasteiger partial charge in [0.1, 0.15) is 5.82 Å². The average Bonchev–Trinajstić information content (AvgIpc) is 3.12. The number of benzene rings is 1. The van der Waals surface area contributed by atoms with Gasteiger partial charge in [0.05, 0.1) is 17.1 Å². The summed E-state index contributed by atoms with van der Waals surface area (Å²) in [6.45, 7) is 3.47. The number of hydrogen-bond donors (Lipinski definition) is 1. The van der Waals surface area contributed by atoms with Crippen molar-refractivity contribution in [3.8, 4) is 0 Å². The van der Waals surface area contributed by atoms with E-state index in [9.17, 15) is 14.0 Å². The molecule has 0 bridgehead atoms. The zero-order valence-electron chi connectivity index (χ0n) is 15.4. The second kappa shape index (κ2) is 9.08. The first-order valence-electron chi connectivity index (χ1n) is 9.23. The second-order valence-electron chi connectivity index (χ2n) is 6.83. The molecule has 0 unspecified atom stereocenters. The average molecular weight is 389 g/mol. The van der Waals surface area contributed by atoms with Gasteiger partial charge in [0.25, 0.3) is 0 Å². The number of aromatic nitrogens is 1. The van der Waals surface area contributed by atoms with Gasteiger partial charge in [0.2, 0.25) is 11.8 Å². The van der Waals surface area contributed by atoms with Gasteiger partial charge in [-0.05, 0) is 24.5 Å². The molecule has 0 aliphatic carbocycles. The van der Waals surface area contributed by atoms with E-state index in [4.69, 9.17) is 4.98 Å². The summed E-state index contributed by atoms with van der Waals surface area (Å²) in [6.07, 6.45) is 2.60. The Labute approximate surface area is 162 Å². The van der Waals surface area contributed by atoms with Crippen molar-refractivity contribution in [3.05, 3.63) is 51.7 Å². The van der Waals surface area contributed by atoms with Crippen molar-refractivity contribution in [1.82, 2.24) is 15.2 Å². The van der Waals surface area contributed by atoms with Crippen LogP contribution in [0.25, 0.3) is 0 Å². The van der Waals surface area contributed by atoms with Crippen molar-refractivity contribution in [3.63, 3.8) is 0 Å². The van der Waals surface area contributed by atoms with Crippen LogP contribution in [0.5, 0.6) is 0 Å². The minimum absolute atomic E-state index is 0.0197. The standard InChI is InChI=1S/C20H24FN3O2S/c1-14(25)22-9-6-17-13-27-20(23-17)15-7-10-24(11-8-15)19(26)12-16-4-2-3-5-18(16)21/h2-5,13,15H,6-12H2,1H3,(H,22,25). The first-order chi connectivity index (χ1) is 13.0. The molecule has 2 heterocycles. The van der Waals surface area contributed by atoms with Crippen LogP contribution in [0.15, 0.2) is 29.6 Å². The Hall–Kier alpha value is -2.28. The molecule has 1 N–H and O–H groups in total. The fraction of sp³-hybridized carbons (Fsp3) is 0.450. The molecular weight excluding hydrogens is 365 g/mol. The van der Waals surface area contributed by atoms with Crippen LogP contribution in [0.2, 0.25) is 0 Å².